The van der Waals surface area contributed by atoms with Gasteiger partial charge in [0.1, 0.15) is 5.75 Å². The summed E-state index contributed by atoms with van der Waals surface area (Å²) in [5.41, 5.74) is 1.58. The van der Waals surface area contributed by atoms with Gasteiger partial charge in [-0.25, -0.2) is 13.2 Å². The molecule has 9 nitrogen and oxygen atoms in total. The van der Waals surface area contributed by atoms with Gasteiger partial charge < -0.3 is 14.6 Å². The lowest BCUT2D eigenvalue weighted by Crippen LogP contribution is -2.49. The molecule has 5 rings (SSSR count). The molecule has 2 aliphatic rings. The number of hydrogen-bond acceptors (Lipinski definition) is 5. The van der Waals surface area contributed by atoms with Crippen LogP contribution in [0.4, 0.5) is 0 Å². The number of carbonyl (C=O) groups is 1. The van der Waals surface area contributed by atoms with E-state index in [1.807, 2.05) is 29.2 Å². The average Bonchev–Trinajstić information content (AvgIpc) is 3.24. The Morgan fingerprint density at radius 2 is 1.71 bits per heavy atom. The second kappa shape index (κ2) is 9.50. The first-order valence-corrected chi connectivity index (χ1v) is 13.4. The van der Waals surface area contributed by atoms with E-state index in [1.54, 1.807) is 16.7 Å². The number of rotatable bonds is 5. The van der Waals surface area contributed by atoms with Crippen LogP contribution in [0.1, 0.15) is 31.7 Å². The Kier molecular flexibility index (Phi) is 6.41. The summed E-state index contributed by atoms with van der Waals surface area (Å²) in [5.74, 6) is 0.238. The zero-order valence-corrected chi connectivity index (χ0v) is 20.5. The lowest BCUT2D eigenvalue weighted by molar-refractivity contribution is -0.138. The average molecular weight is 499 g/mol. The second-order valence-corrected chi connectivity index (χ2v) is 11.2. The fraction of sp³-hybridized carbons (Fsp3) is 0.440. The minimum Gasteiger partial charge on any atom is -0.497 e. The number of H-pyrrole nitrogens is 1. The van der Waals surface area contributed by atoms with E-state index in [0.29, 0.717) is 51.1 Å². The van der Waals surface area contributed by atoms with Gasteiger partial charge in [-0.2, -0.15) is 4.31 Å². The molecule has 3 aromatic rings. The molecule has 0 saturated carbocycles. The molecule has 1 amide bonds. The van der Waals surface area contributed by atoms with Gasteiger partial charge in [-0.3, -0.25) is 9.36 Å². The molecule has 0 aliphatic carbocycles. The molecule has 1 aromatic heterocycles. The van der Waals surface area contributed by atoms with Crippen molar-refractivity contribution in [3.63, 3.8) is 0 Å². The largest absolute Gasteiger partial charge is 0.497 e. The highest BCUT2D eigenvalue weighted by atomic mass is 32.2. The van der Waals surface area contributed by atoms with Crippen molar-refractivity contribution in [2.24, 2.45) is 5.92 Å². The third-order valence-corrected chi connectivity index (χ3v) is 9.08. The fourth-order valence-electron chi connectivity index (χ4n) is 5.30. The van der Waals surface area contributed by atoms with Gasteiger partial charge in [0.05, 0.1) is 29.0 Å². The fourth-order valence-corrected chi connectivity index (χ4v) is 6.82. The maximum atomic E-state index is 13.3. The Balaban J connectivity index is 1.24. The molecular weight excluding hydrogens is 468 g/mol. The van der Waals surface area contributed by atoms with Crippen LogP contribution >= 0.6 is 0 Å². The Labute approximate surface area is 204 Å². The normalized spacial score (nSPS) is 20.3. The maximum absolute atomic E-state index is 13.3. The van der Waals surface area contributed by atoms with Crippen molar-refractivity contribution in [2.75, 3.05) is 33.3 Å². The molecule has 3 heterocycles. The molecule has 35 heavy (non-hydrogen) atoms. The molecule has 186 valence electrons. The van der Waals surface area contributed by atoms with E-state index in [9.17, 15) is 18.0 Å². The Bertz CT molecular complexity index is 1370. The number of carbonyl (C=O) groups excluding carboxylic acids is 1. The summed E-state index contributed by atoms with van der Waals surface area (Å²) in [6.07, 6.45) is 2.70. The van der Waals surface area contributed by atoms with Crippen LogP contribution in [0, 0.1) is 5.92 Å². The third-order valence-electron chi connectivity index (χ3n) is 7.20. The van der Waals surface area contributed by atoms with Gasteiger partial charge in [0.25, 0.3) is 0 Å². The molecule has 0 unspecified atom stereocenters. The standard InChI is InChI=1S/C25H30N4O5S/c1-34-20-8-10-21(11-9-20)35(32,33)28-14-4-5-18(17-28)24(30)27-15-12-19(13-16-27)29-23-7-3-2-6-22(23)26-25(29)31/h2-3,6-11,18-19H,4-5,12-17H2,1H3,(H,26,31)/t18-/m0/s1. The molecule has 2 fully saturated rings. The smallest absolute Gasteiger partial charge is 0.326 e. The van der Waals surface area contributed by atoms with Crippen LogP contribution in [0.2, 0.25) is 0 Å². The number of hydrogen-bond donors (Lipinski definition) is 1. The second-order valence-electron chi connectivity index (χ2n) is 9.25. The summed E-state index contributed by atoms with van der Waals surface area (Å²) < 4.78 is 34.7. The van der Waals surface area contributed by atoms with Gasteiger partial charge in [-0.05, 0) is 62.1 Å². The predicted molar refractivity (Wildman–Crippen MR) is 132 cm³/mol. The van der Waals surface area contributed by atoms with Gasteiger partial charge >= 0.3 is 5.69 Å². The van der Waals surface area contributed by atoms with Crippen molar-refractivity contribution in [1.29, 1.82) is 0 Å². The molecule has 0 bridgehead atoms. The van der Waals surface area contributed by atoms with Crippen molar-refractivity contribution >= 4 is 27.0 Å². The highest BCUT2D eigenvalue weighted by molar-refractivity contribution is 7.89. The van der Waals surface area contributed by atoms with Crippen LogP contribution in [-0.2, 0) is 14.8 Å². The third kappa shape index (κ3) is 4.48. The van der Waals surface area contributed by atoms with Gasteiger partial charge in [0, 0.05) is 32.2 Å². The number of benzene rings is 2. The number of para-hydroxylation sites is 2. The maximum Gasteiger partial charge on any atom is 0.326 e. The molecule has 10 heteroatoms. The van der Waals surface area contributed by atoms with Crippen molar-refractivity contribution in [3.05, 3.63) is 59.0 Å². The van der Waals surface area contributed by atoms with Crippen molar-refractivity contribution < 1.29 is 17.9 Å². The molecule has 0 spiro atoms. The molecular formula is C25H30N4O5S. The van der Waals surface area contributed by atoms with Crippen molar-refractivity contribution in [2.45, 2.75) is 36.6 Å². The van der Waals surface area contributed by atoms with Crippen LogP contribution < -0.4 is 10.4 Å². The van der Waals surface area contributed by atoms with Crippen LogP contribution in [0.5, 0.6) is 5.75 Å². The first kappa shape index (κ1) is 23.6. The SMILES string of the molecule is COc1ccc(S(=O)(=O)N2CCC[C@H](C(=O)N3CCC(n4c(=O)[nH]c5ccccc54)CC3)C2)cc1. The highest BCUT2D eigenvalue weighted by Gasteiger charge is 2.36. The van der Waals surface area contributed by atoms with E-state index in [0.717, 1.165) is 11.0 Å². The van der Waals surface area contributed by atoms with Crippen LogP contribution in [0.25, 0.3) is 11.0 Å². The summed E-state index contributed by atoms with van der Waals surface area (Å²) in [6, 6.07) is 14.0. The first-order chi connectivity index (χ1) is 16.9. The van der Waals surface area contributed by atoms with Crippen molar-refractivity contribution in [1.82, 2.24) is 18.8 Å². The number of imidazole rings is 1. The van der Waals surface area contributed by atoms with E-state index in [4.69, 9.17) is 4.74 Å². The number of nitrogens with one attached hydrogen (secondary N) is 1. The van der Waals surface area contributed by atoms with E-state index >= 15 is 0 Å². The monoisotopic (exact) mass is 498 g/mol. The summed E-state index contributed by atoms with van der Waals surface area (Å²) in [4.78, 5) is 30.8. The number of ether oxygens (including phenoxy) is 1. The van der Waals surface area contributed by atoms with E-state index in [-0.39, 0.29) is 35.0 Å². The zero-order valence-electron chi connectivity index (χ0n) is 19.7. The zero-order chi connectivity index (χ0) is 24.6. The number of nitrogens with zero attached hydrogens (tertiary/aromatic N) is 3. The lowest BCUT2D eigenvalue weighted by Gasteiger charge is -2.37. The first-order valence-electron chi connectivity index (χ1n) is 12.0. The number of amides is 1. The van der Waals surface area contributed by atoms with E-state index < -0.39 is 10.0 Å². The topological polar surface area (TPSA) is 105 Å². The minimum atomic E-state index is -3.68. The van der Waals surface area contributed by atoms with E-state index in [2.05, 4.69) is 4.98 Å². The molecule has 1 N–H and O–H groups in total. The Hall–Kier alpha value is -3.11. The number of fused-ring (bicyclic) bond motifs is 1. The molecule has 2 aromatic carbocycles. The number of aromatic amines is 1. The molecule has 0 radical (unpaired) electrons. The number of sulfonamides is 1. The van der Waals surface area contributed by atoms with Crippen molar-refractivity contribution in [3.8, 4) is 5.75 Å². The lowest BCUT2D eigenvalue weighted by atomic mass is 9.96. The van der Waals surface area contributed by atoms with Crippen LogP contribution in [0.15, 0.2) is 58.2 Å². The number of piperidine rings is 2. The number of aromatic nitrogens is 2. The van der Waals surface area contributed by atoms with Crippen LogP contribution in [0.3, 0.4) is 0 Å². The quantitative estimate of drug-likeness (QED) is 0.582. The molecule has 2 aliphatic heterocycles. The minimum absolute atomic E-state index is 0.00403. The van der Waals surface area contributed by atoms with Gasteiger partial charge in [-0.1, -0.05) is 12.1 Å². The molecule has 1 atom stereocenters. The van der Waals surface area contributed by atoms with Gasteiger partial charge in [-0.15, -0.1) is 0 Å². The predicted octanol–water partition coefficient (Wildman–Crippen LogP) is 2.60. The van der Waals surface area contributed by atoms with Gasteiger partial charge in [0.2, 0.25) is 15.9 Å². The summed E-state index contributed by atoms with van der Waals surface area (Å²) in [5, 5.41) is 0. The Morgan fingerprint density at radius 3 is 2.43 bits per heavy atom. The number of likely N-dealkylation sites (tertiary alicyclic amines) is 1. The summed E-state index contributed by atoms with van der Waals surface area (Å²) >= 11 is 0. The Morgan fingerprint density at radius 1 is 1.00 bits per heavy atom. The van der Waals surface area contributed by atoms with Crippen LogP contribution in [-0.4, -0.2) is 66.4 Å². The summed E-state index contributed by atoms with van der Waals surface area (Å²) in [6.45, 7) is 1.70. The highest BCUT2D eigenvalue weighted by Crippen LogP contribution is 2.29. The van der Waals surface area contributed by atoms with Gasteiger partial charge in [0.15, 0.2) is 0 Å². The molecule has 2 saturated heterocycles. The van der Waals surface area contributed by atoms with E-state index in [1.165, 1.54) is 23.5 Å². The summed E-state index contributed by atoms with van der Waals surface area (Å²) in [7, 11) is -2.15. The number of methoxy groups -OCH3 is 1.